The van der Waals surface area contributed by atoms with Crippen LogP contribution in [0, 0.1) is 5.92 Å². The van der Waals surface area contributed by atoms with E-state index in [2.05, 4.69) is 9.97 Å². The quantitative estimate of drug-likeness (QED) is 0.822. The fourth-order valence-corrected chi connectivity index (χ4v) is 3.14. The molecular weight excluding hydrogens is 264 g/mol. The molecule has 1 aromatic carbocycles. The third-order valence-electron chi connectivity index (χ3n) is 3.20. The zero-order valence-corrected chi connectivity index (χ0v) is 11.2. The SMILES string of the molecule is COc1ccc2nc(SC(C(=O)O)C3CC3)[nH]c2c1. The summed E-state index contributed by atoms with van der Waals surface area (Å²) in [6.07, 6.45) is 2.00. The molecule has 0 radical (unpaired) electrons. The van der Waals surface area contributed by atoms with Crippen LogP contribution in [0.15, 0.2) is 23.4 Å². The third-order valence-corrected chi connectivity index (χ3v) is 4.46. The van der Waals surface area contributed by atoms with Crippen LogP contribution in [0.5, 0.6) is 5.75 Å². The number of thioether (sulfide) groups is 1. The van der Waals surface area contributed by atoms with Crippen molar-refractivity contribution in [2.75, 3.05) is 7.11 Å². The fraction of sp³-hybridized carbons (Fsp3) is 0.385. The van der Waals surface area contributed by atoms with Gasteiger partial charge in [0, 0.05) is 6.07 Å². The molecule has 1 atom stereocenters. The molecular formula is C13H14N2O3S. The van der Waals surface area contributed by atoms with Crippen LogP contribution in [0.25, 0.3) is 11.0 Å². The Balaban J connectivity index is 1.86. The van der Waals surface area contributed by atoms with E-state index < -0.39 is 11.2 Å². The predicted octanol–water partition coefficient (Wildman–Crippen LogP) is 2.53. The van der Waals surface area contributed by atoms with Crippen molar-refractivity contribution in [1.29, 1.82) is 0 Å². The van der Waals surface area contributed by atoms with Crippen molar-refractivity contribution >= 4 is 28.8 Å². The lowest BCUT2D eigenvalue weighted by Crippen LogP contribution is -2.18. The Morgan fingerprint density at radius 3 is 3.00 bits per heavy atom. The molecule has 0 saturated heterocycles. The molecule has 6 heteroatoms. The minimum atomic E-state index is -0.759. The number of ether oxygens (including phenoxy) is 1. The maximum atomic E-state index is 11.2. The summed E-state index contributed by atoms with van der Waals surface area (Å²) >= 11 is 1.30. The number of hydrogen-bond donors (Lipinski definition) is 2. The van der Waals surface area contributed by atoms with Crippen LogP contribution in [0.2, 0.25) is 0 Å². The van der Waals surface area contributed by atoms with Gasteiger partial charge in [-0.05, 0) is 30.9 Å². The van der Waals surface area contributed by atoms with Crippen LogP contribution in [-0.2, 0) is 4.79 Å². The van der Waals surface area contributed by atoms with Gasteiger partial charge in [-0.2, -0.15) is 0 Å². The van der Waals surface area contributed by atoms with Crippen molar-refractivity contribution in [3.8, 4) is 5.75 Å². The van der Waals surface area contributed by atoms with Crippen molar-refractivity contribution in [2.24, 2.45) is 5.92 Å². The number of methoxy groups -OCH3 is 1. The van der Waals surface area contributed by atoms with Crippen LogP contribution < -0.4 is 4.74 Å². The molecule has 100 valence electrons. The van der Waals surface area contributed by atoms with Gasteiger partial charge in [-0.25, -0.2) is 4.98 Å². The summed E-state index contributed by atoms with van der Waals surface area (Å²) in [5.41, 5.74) is 1.69. The molecule has 1 aliphatic rings. The summed E-state index contributed by atoms with van der Waals surface area (Å²) in [5, 5.41) is 9.47. The molecule has 1 aromatic heterocycles. The van der Waals surface area contributed by atoms with Gasteiger partial charge in [-0.15, -0.1) is 0 Å². The van der Waals surface area contributed by atoms with Gasteiger partial charge in [0.2, 0.25) is 0 Å². The molecule has 1 unspecified atom stereocenters. The summed E-state index contributed by atoms with van der Waals surface area (Å²) in [5.74, 6) is 0.278. The number of imidazole rings is 1. The number of carbonyl (C=O) groups is 1. The first kappa shape index (κ1) is 12.3. The van der Waals surface area contributed by atoms with Gasteiger partial charge in [0.1, 0.15) is 11.0 Å². The molecule has 2 aromatic rings. The second kappa shape index (κ2) is 4.77. The van der Waals surface area contributed by atoms with E-state index in [1.165, 1.54) is 11.8 Å². The summed E-state index contributed by atoms with van der Waals surface area (Å²) in [6, 6.07) is 5.56. The average Bonchev–Trinajstić information content (AvgIpc) is 3.14. The van der Waals surface area contributed by atoms with Crippen LogP contribution in [0.1, 0.15) is 12.8 Å². The Bertz CT molecular complexity index is 621. The van der Waals surface area contributed by atoms with E-state index in [1.54, 1.807) is 7.11 Å². The number of aliphatic carboxylic acids is 1. The van der Waals surface area contributed by atoms with Crippen LogP contribution in [0.3, 0.4) is 0 Å². The molecule has 0 aliphatic heterocycles. The van der Waals surface area contributed by atoms with E-state index in [4.69, 9.17) is 4.74 Å². The van der Waals surface area contributed by atoms with Crippen LogP contribution in [0.4, 0.5) is 0 Å². The highest BCUT2D eigenvalue weighted by atomic mass is 32.2. The standard InChI is InChI=1S/C13H14N2O3S/c1-18-8-4-5-9-10(6-8)15-13(14-9)19-11(12(16)17)7-2-3-7/h4-7,11H,2-3H2,1H3,(H,14,15)(H,16,17). The molecule has 1 fully saturated rings. The number of nitrogens with one attached hydrogen (secondary N) is 1. The predicted molar refractivity (Wildman–Crippen MR) is 72.7 cm³/mol. The highest BCUT2D eigenvalue weighted by molar-refractivity contribution is 8.00. The lowest BCUT2D eigenvalue weighted by atomic mass is 10.3. The second-order valence-electron chi connectivity index (χ2n) is 4.64. The summed E-state index contributed by atoms with van der Waals surface area (Å²) in [4.78, 5) is 18.8. The van der Waals surface area contributed by atoms with Crippen molar-refractivity contribution in [2.45, 2.75) is 23.2 Å². The lowest BCUT2D eigenvalue weighted by Gasteiger charge is -2.07. The molecule has 1 aliphatic carbocycles. The zero-order valence-electron chi connectivity index (χ0n) is 10.4. The highest BCUT2D eigenvalue weighted by Gasteiger charge is 2.37. The number of fused-ring (bicyclic) bond motifs is 1. The van der Waals surface area contributed by atoms with Crippen LogP contribution in [-0.4, -0.2) is 33.4 Å². The second-order valence-corrected chi connectivity index (χ2v) is 5.77. The average molecular weight is 278 g/mol. The Kier molecular flexibility index (Phi) is 3.10. The topological polar surface area (TPSA) is 75.2 Å². The zero-order chi connectivity index (χ0) is 13.4. The number of H-pyrrole nitrogens is 1. The molecule has 3 rings (SSSR count). The molecule has 0 bridgehead atoms. The maximum Gasteiger partial charge on any atom is 0.317 e. The number of hydrogen-bond acceptors (Lipinski definition) is 4. The maximum absolute atomic E-state index is 11.2. The largest absolute Gasteiger partial charge is 0.497 e. The smallest absolute Gasteiger partial charge is 0.317 e. The van der Waals surface area contributed by atoms with E-state index in [1.807, 2.05) is 18.2 Å². The van der Waals surface area contributed by atoms with E-state index in [0.717, 1.165) is 29.6 Å². The van der Waals surface area contributed by atoms with Gasteiger partial charge < -0.3 is 14.8 Å². The number of carboxylic acids is 1. The van der Waals surface area contributed by atoms with Crippen molar-refractivity contribution in [3.05, 3.63) is 18.2 Å². The first-order valence-corrected chi connectivity index (χ1v) is 6.98. The van der Waals surface area contributed by atoms with E-state index >= 15 is 0 Å². The summed E-state index contributed by atoms with van der Waals surface area (Å²) < 4.78 is 5.15. The minimum Gasteiger partial charge on any atom is -0.497 e. The van der Waals surface area contributed by atoms with Crippen LogP contribution >= 0.6 is 11.8 Å². The van der Waals surface area contributed by atoms with Gasteiger partial charge in [-0.3, -0.25) is 4.79 Å². The highest BCUT2D eigenvalue weighted by Crippen LogP contribution is 2.41. The monoisotopic (exact) mass is 278 g/mol. The molecule has 19 heavy (non-hydrogen) atoms. The number of carboxylic acid groups (broad SMARTS) is 1. The number of benzene rings is 1. The number of aromatic nitrogens is 2. The van der Waals surface area contributed by atoms with Crippen molar-refractivity contribution in [3.63, 3.8) is 0 Å². The van der Waals surface area contributed by atoms with Gasteiger partial charge in [-0.1, -0.05) is 11.8 Å². The van der Waals surface area contributed by atoms with Gasteiger partial charge >= 0.3 is 5.97 Å². The molecule has 1 heterocycles. The Labute approximate surface area is 114 Å². The number of aromatic amines is 1. The molecule has 0 spiro atoms. The number of nitrogens with zero attached hydrogens (tertiary/aromatic N) is 1. The third kappa shape index (κ3) is 2.53. The molecule has 2 N–H and O–H groups in total. The lowest BCUT2D eigenvalue weighted by molar-refractivity contribution is -0.136. The molecule has 0 amide bonds. The molecule has 1 saturated carbocycles. The molecule has 5 nitrogen and oxygen atoms in total. The Morgan fingerprint density at radius 2 is 2.37 bits per heavy atom. The van der Waals surface area contributed by atoms with Gasteiger partial charge in [0.15, 0.2) is 5.16 Å². The van der Waals surface area contributed by atoms with Crippen molar-refractivity contribution in [1.82, 2.24) is 9.97 Å². The first-order chi connectivity index (χ1) is 9.17. The summed E-state index contributed by atoms with van der Waals surface area (Å²) in [6.45, 7) is 0. The van der Waals surface area contributed by atoms with Crippen molar-refractivity contribution < 1.29 is 14.6 Å². The Morgan fingerprint density at radius 1 is 1.58 bits per heavy atom. The minimum absolute atomic E-state index is 0.283. The fourth-order valence-electron chi connectivity index (χ4n) is 2.02. The first-order valence-electron chi connectivity index (χ1n) is 6.10. The van der Waals surface area contributed by atoms with E-state index in [-0.39, 0.29) is 5.92 Å². The van der Waals surface area contributed by atoms with Gasteiger partial charge in [0.05, 0.1) is 18.1 Å². The Hall–Kier alpha value is -1.69. The van der Waals surface area contributed by atoms with Gasteiger partial charge in [0.25, 0.3) is 0 Å². The van der Waals surface area contributed by atoms with E-state index in [0.29, 0.717) is 5.16 Å². The number of rotatable bonds is 5. The summed E-state index contributed by atoms with van der Waals surface area (Å²) in [7, 11) is 1.61. The van der Waals surface area contributed by atoms with E-state index in [9.17, 15) is 9.90 Å². The normalized spacial score (nSPS) is 16.5.